The summed E-state index contributed by atoms with van der Waals surface area (Å²) in [5, 5.41) is 6.37. The molecule has 6 heteroatoms. The van der Waals surface area contributed by atoms with Gasteiger partial charge in [0.1, 0.15) is 5.82 Å². The first-order valence-corrected chi connectivity index (χ1v) is 4.88. The lowest BCUT2D eigenvalue weighted by molar-refractivity contribution is 0.152. The molecule has 0 amide bonds. The Morgan fingerprint density at radius 3 is 2.53 bits per heavy atom. The first-order chi connectivity index (χ1) is 8.00. The van der Waals surface area contributed by atoms with Gasteiger partial charge in [0, 0.05) is 17.3 Å². The maximum atomic E-state index is 13.3. The smallest absolute Gasteiger partial charge is 0.264 e. The molecule has 0 unspecified atom stereocenters. The van der Waals surface area contributed by atoms with Crippen molar-refractivity contribution in [3.63, 3.8) is 0 Å². The number of H-pyrrole nitrogens is 1. The van der Waals surface area contributed by atoms with Crippen LogP contribution >= 0.6 is 0 Å². The second kappa shape index (κ2) is 4.12. The standard InChI is InChI=1S/C11H10F3N3/c1-5-8(4-16-17-5)6-2-9(12)10(15)3-7(6)11(13)14/h2-4,11H,15H2,1H3,(H,16,17). The number of rotatable bonds is 2. The largest absolute Gasteiger partial charge is 0.396 e. The lowest BCUT2D eigenvalue weighted by Crippen LogP contribution is -1.98. The number of anilines is 1. The van der Waals surface area contributed by atoms with Crippen molar-refractivity contribution < 1.29 is 13.2 Å². The predicted octanol–water partition coefficient (Wildman–Crippen LogP) is 3.04. The Balaban J connectivity index is 2.68. The SMILES string of the molecule is Cc1n[nH]cc1-c1cc(F)c(N)cc1C(F)F. The third-order valence-electron chi connectivity index (χ3n) is 2.53. The molecule has 1 aromatic heterocycles. The number of halogens is 3. The number of nitrogens with two attached hydrogens (primary N) is 1. The Bertz CT molecular complexity index is 549. The average molecular weight is 241 g/mol. The highest BCUT2D eigenvalue weighted by Gasteiger charge is 2.19. The molecule has 0 aliphatic carbocycles. The molecule has 2 aromatic rings. The topological polar surface area (TPSA) is 54.7 Å². The average Bonchev–Trinajstić information content (AvgIpc) is 2.67. The van der Waals surface area contributed by atoms with Crippen molar-refractivity contribution in [2.24, 2.45) is 0 Å². The van der Waals surface area contributed by atoms with Gasteiger partial charge < -0.3 is 5.73 Å². The molecule has 0 radical (unpaired) electrons. The van der Waals surface area contributed by atoms with E-state index in [2.05, 4.69) is 10.2 Å². The maximum Gasteiger partial charge on any atom is 0.264 e. The van der Waals surface area contributed by atoms with Gasteiger partial charge in [-0.1, -0.05) is 0 Å². The summed E-state index contributed by atoms with van der Waals surface area (Å²) in [5.74, 6) is -0.718. The van der Waals surface area contributed by atoms with Crippen LogP contribution in [0.5, 0.6) is 0 Å². The summed E-state index contributed by atoms with van der Waals surface area (Å²) in [6.07, 6.45) is -1.27. The van der Waals surface area contributed by atoms with E-state index in [0.29, 0.717) is 11.3 Å². The summed E-state index contributed by atoms with van der Waals surface area (Å²) in [7, 11) is 0. The molecule has 0 aliphatic heterocycles. The lowest BCUT2D eigenvalue weighted by Gasteiger charge is -2.10. The first-order valence-electron chi connectivity index (χ1n) is 4.88. The van der Waals surface area contributed by atoms with Gasteiger partial charge in [-0.25, -0.2) is 13.2 Å². The molecule has 3 N–H and O–H groups in total. The first kappa shape index (κ1) is 11.5. The van der Waals surface area contributed by atoms with Gasteiger partial charge in [0.2, 0.25) is 0 Å². The number of benzene rings is 1. The van der Waals surface area contributed by atoms with E-state index in [-0.39, 0.29) is 16.8 Å². The number of alkyl halides is 2. The zero-order chi connectivity index (χ0) is 12.6. The number of aromatic nitrogens is 2. The van der Waals surface area contributed by atoms with E-state index >= 15 is 0 Å². The number of nitrogens with one attached hydrogen (secondary N) is 1. The van der Waals surface area contributed by atoms with Crippen molar-refractivity contribution in [2.75, 3.05) is 5.73 Å². The second-order valence-electron chi connectivity index (χ2n) is 3.65. The van der Waals surface area contributed by atoms with E-state index in [9.17, 15) is 13.2 Å². The van der Waals surface area contributed by atoms with Crippen molar-refractivity contribution in [1.29, 1.82) is 0 Å². The van der Waals surface area contributed by atoms with Crippen LogP contribution < -0.4 is 5.73 Å². The Hall–Kier alpha value is -1.98. The molecular weight excluding hydrogens is 231 g/mol. The van der Waals surface area contributed by atoms with Gasteiger partial charge in [0.25, 0.3) is 6.43 Å². The molecule has 0 bridgehead atoms. The summed E-state index contributed by atoms with van der Waals surface area (Å²) in [4.78, 5) is 0. The van der Waals surface area contributed by atoms with Crippen molar-refractivity contribution in [1.82, 2.24) is 10.2 Å². The fourth-order valence-corrected chi connectivity index (χ4v) is 1.65. The molecule has 0 fully saturated rings. The maximum absolute atomic E-state index is 13.3. The van der Waals surface area contributed by atoms with E-state index in [4.69, 9.17) is 5.73 Å². The molecule has 2 rings (SSSR count). The summed E-state index contributed by atoms with van der Waals surface area (Å²) in [6.45, 7) is 1.65. The highest BCUT2D eigenvalue weighted by molar-refractivity contribution is 5.71. The van der Waals surface area contributed by atoms with Gasteiger partial charge in [-0.3, -0.25) is 5.10 Å². The Morgan fingerprint density at radius 2 is 2.00 bits per heavy atom. The normalized spacial score (nSPS) is 11.1. The van der Waals surface area contributed by atoms with Gasteiger partial charge in [-0.05, 0) is 24.6 Å². The van der Waals surface area contributed by atoms with Crippen LogP contribution in [0.4, 0.5) is 18.9 Å². The van der Waals surface area contributed by atoms with Crippen molar-refractivity contribution in [3.8, 4) is 11.1 Å². The Labute approximate surface area is 95.5 Å². The van der Waals surface area contributed by atoms with Gasteiger partial charge in [-0.2, -0.15) is 5.10 Å². The third-order valence-corrected chi connectivity index (χ3v) is 2.53. The molecular formula is C11H10F3N3. The second-order valence-corrected chi connectivity index (χ2v) is 3.65. The quantitative estimate of drug-likeness (QED) is 0.794. The number of nitrogens with zero attached hydrogens (tertiary/aromatic N) is 1. The van der Waals surface area contributed by atoms with E-state index in [1.54, 1.807) is 6.92 Å². The van der Waals surface area contributed by atoms with Crippen molar-refractivity contribution in [2.45, 2.75) is 13.3 Å². The lowest BCUT2D eigenvalue weighted by atomic mass is 9.99. The molecule has 1 aromatic carbocycles. The van der Waals surface area contributed by atoms with Crippen LogP contribution in [-0.2, 0) is 0 Å². The minimum absolute atomic E-state index is 0.109. The zero-order valence-electron chi connectivity index (χ0n) is 8.97. The van der Waals surface area contributed by atoms with Crippen LogP contribution in [0.3, 0.4) is 0 Å². The van der Waals surface area contributed by atoms with Crippen LogP contribution in [0.25, 0.3) is 11.1 Å². The van der Waals surface area contributed by atoms with Gasteiger partial charge in [0.15, 0.2) is 0 Å². The van der Waals surface area contributed by atoms with Gasteiger partial charge in [-0.15, -0.1) is 0 Å². The number of hydrogen-bond donors (Lipinski definition) is 2. The molecule has 0 aliphatic rings. The molecule has 90 valence electrons. The zero-order valence-corrected chi connectivity index (χ0v) is 8.97. The monoisotopic (exact) mass is 241 g/mol. The third kappa shape index (κ3) is 1.98. The van der Waals surface area contributed by atoms with Crippen LogP contribution in [-0.4, -0.2) is 10.2 Å². The van der Waals surface area contributed by atoms with Crippen LogP contribution in [0.2, 0.25) is 0 Å². The summed E-state index contributed by atoms with van der Waals surface area (Å²) < 4.78 is 39.1. The predicted molar refractivity (Wildman–Crippen MR) is 58.1 cm³/mol. The van der Waals surface area contributed by atoms with Gasteiger partial charge >= 0.3 is 0 Å². The minimum Gasteiger partial charge on any atom is -0.396 e. The Morgan fingerprint density at radius 1 is 1.29 bits per heavy atom. The Kier molecular flexibility index (Phi) is 2.79. The summed E-state index contributed by atoms with van der Waals surface area (Å²) in [5.41, 5.74) is 5.78. The number of aryl methyl sites for hydroxylation is 1. The summed E-state index contributed by atoms with van der Waals surface area (Å²) >= 11 is 0. The molecule has 0 saturated carbocycles. The van der Waals surface area contributed by atoms with Crippen LogP contribution in [0.15, 0.2) is 18.3 Å². The highest BCUT2D eigenvalue weighted by Crippen LogP contribution is 2.34. The van der Waals surface area contributed by atoms with E-state index in [1.807, 2.05) is 0 Å². The fourth-order valence-electron chi connectivity index (χ4n) is 1.65. The minimum atomic E-state index is -2.72. The highest BCUT2D eigenvalue weighted by atomic mass is 19.3. The van der Waals surface area contributed by atoms with Crippen LogP contribution in [0, 0.1) is 12.7 Å². The van der Waals surface area contributed by atoms with Gasteiger partial charge in [0.05, 0.1) is 11.4 Å². The van der Waals surface area contributed by atoms with E-state index in [0.717, 1.165) is 12.1 Å². The fraction of sp³-hybridized carbons (Fsp3) is 0.182. The molecule has 3 nitrogen and oxygen atoms in total. The molecule has 0 saturated heterocycles. The number of aromatic amines is 1. The number of nitrogen functional groups attached to an aromatic ring is 1. The molecule has 1 heterocycles. The molecule has 0 spiro atoms. The van der Waals surface area contributed by atoms with E-state index in [1.165, 1.54) is 6.20 Å². The summed E-state index contributed by atoms with van der Waals surface area (Å²) in [6, 6.07) is 1.97. The number of hydrogen-bond acceptors (Lipinski definition) is 2. The van der Waals surface area contributed by atoms with Crippen molar-refractivity contribution >= 4 is 5.69 Å². The molecule has 17 heavy (non-hydrogen) atoms. The van der Waals surface area contributed by atoms with Crippen molar-refractivity contribution in [3.05, 3.63) is 35.4 Å². The van der Waals surface area contributed by atoms with E-state index < -0.39 is 12.2 Å². The van der Waals surface area contributed by atoms with Crippen LogP contribution in [0.1, 0.15) is 17.7 Å². The molecule has 0 atom stereocenters.